The molecule has 3 aromatic heterocycles. The molecule has 0 saturated carbocycles. The molecule has 2 unspecified atom stereocenters. The molecular formula is C27H29N5O4. The van der Waals surface area contributed by atoms with Crippen molar-refractivity contribution < 1.29 is 14.6 Å². The van der Waals surface area contributed by atoms with Crippen molar-refractivity contribution >= 4 is 11.6 Å². The third kappa shape index (κ3) is 4.61. The Morgan fingerprint density at radius 3 is 2.50 bits per heavy atom. The van der Waals surface area contributed by atoms with Gasteiger partial charge in [0, 0.05) is 24.4 Å². The van der Waals surface area contributed by atoms with Crippen molar-refractivity contribution in [1.82, 2.24) is 24.3 Å². The van der Waals surface area contributed by atoms with Crippen LogP contribution < -0.4 is 5.56 Å². The Morgan fingerprint density at radius 1 is 1.03 bits per heavy atom. The number of nitrogens with zero attached hydrogens (tertiary/aromatic N) is 5. The summed E-state index contributed by atoms with van der Waals surface area (Å²) in [5.41, 5.74) is 2.98. The fourth-order valence-electron chi connectivity index (χ4n) is 4.54. The van der Waals surface area contributed by atoms with Crippen molar-refractivity contribution in [1.29, 1.82) is 0 Å². The van der Waals surface area contributed by atoms with E-state index in [1.165, 1.54) is 15.6 Å². The van der Waals surface area contributed by atoms with E-state index in [-0.39, 0.29) is 12.1 Å². The van der Waals surface area contributed by atoms with Crippen LogP contribution in [0.15, 0.2) is 71.7 Å². The first-order valence-corrected chi connectivity index (χ1v) is 12.0. The van der Waals surface area contributed by atoms with Gasteiger partial charge in [-0.3, -0.25) is 4.79 Å². The molecule has 5 rings (SSSR count). The standard InChI is InChI=1S/C27H29N5O4/c1-27(2,3)36-26(35)30-16-14-20(22(33)17-30)32-23(34)13-12-19(28-32)24-21-11-7-8-15-31(21)29-25(24)18-9-5-4-6-10-18/h4-13,15,20,22,33H,14,16-17H2,1-3H3. The predicted octanol–water partition coefficient (Wildman–Crippen LogP) is 3.77. The lowest BCUT2D eigenvalue weighted by Gasteiger charge is -2.36. The van der Waals surface area contributed by atoms with E-state index in [9.17, 15) is 14.7 Å². The molecule has 1 fully saturated rings. The smallest absolute Gasteiger partial charge is 0.410 e. The minimum atomic E-state index is -0.968. The van der Waals surface area contributed by atoms with Gasteiger partial charge < -0.3 is 14.7 Å². The number of fused-ring (bicyclic) bond motifs is 1. The normalized spacial score (nSPS) is 18.4. The SMILES string of the molecule is CC(C)(C)OC(=O)N1CCC(n2nc(-c3c(-c4ccccc4)nn4ccccc34)ccc2=O)C(O)C1. The van der Waals surface area contributed by atoms with Gasteiger partial charge in [0.25, 0.3) is 5.56 Å². The van der Waals surface area contributed by atoms with Crippen LogP contribution in [0, 0.1) is 0 Å². The Labute approximate surface area is 208 Å². The van der Waals surface area contributed by atoms with Gasteiger partial charge in [0.2, 0.25) is 0 Å². The Morgan fingerprint density at radius 2 is 1.78 bits per heavy atom. The lowest BCUT2D eigenvalue weighted by Crippen LogP contribution is -2.50. The van der Waals surface area contributed by atoms with E-state index in [1.54, 1.807) is 31.4 Å². The van der Waals surface area contributed by atoms with Crippen LogP contribution in [0.3, 0.4) is 0 Å². The molecule has 36 heavy (non-hydrogen) atoms. The lowest BCUT2D eigenvalue weighted by atomic mass is 10.0. The van der Waals surface area contributed by atoms with Crippen LogP contribution >= 0.6 is 0 Å². The summed E-state index contributed by atoms with van der Waals surface area (Å²) in [5.74, 6) is 0. The van der Waals surface area contributed by atoms with Gasteiger partial charge in [0.15, 0.2) is 0 Å². The van der Waals surface area contributed by atoms with Crippen molar-refractivity contribution in [2.75, 3.05) is 13.1 Å². The first kappa shape index (κ1) is 23.7. The van der Waals surface area contributed by atoms with E-state index in [0.29, 0.717) is 18.7 Å². The number of aromatic nitrogens is 4. The minimum absolute atomic E-state index is 0.0594. The summed E-state index contributed by atoms with van der Waals surface area (Å²) in [4.78, 5) is 26.8. The molecule has 0 spiro atoms. The van der Waals surface area contributed by atoms with E-state index >= 15 is 0 Å². The maximum absolute atomic E-state index is 12.9. The summed E-state index contributed by atoms with van der Waals surface area (Å²) >= 11 is 0. The molecule has 9 heteroatoms. The molecule has 1 aromatic carbocycles. The monoisotopic (exact) mass is 487 g/mol. The van der Waals surface area contributed by atoms with Crippen LogP contribution in [0.2, 0.25) is 0 Å². The lowest BCUT2D eigenvalue weighted by molar-refractivity contribution is -0.0125. The average Bonchev–Trinajstić information content (AvgIpc) is 3.24. The number of amides is 1. The third-order valence-corrected chi connectivity index (χ3v) is 6.18. The van der Waals surface area contributed by atoms with Crippen molar-refractivity contribution in [3.63, 3.8) is 0 Å². The molecule has 9 nitrogen and oxygen atoms in total. The van der Waals surface area contributed by atoms with Gasteiger partial charge in [-0.25, -0.2) is 14.0 Å². The molecule has 4 aromatic rings. The van der Waals surface area contributed by atoms with Crippen LogP contribution in [-0.4, -0.2) is 60.3 Å². The van der Waals surface area contributed by atoms with E-state index in [0.717, 1.165) is 22.3 Å². The first-order valence-electron chi connectivity index (χ1n) is 12.0. The highest BCUT2D eigenvalue weighted by Gasteiger charge is 2.34. The van der Waals surface area contributed by atoms with Crippen molar-refractivity contribution in [2.24, 2.45) is 0 Å². The topological polar surface area (TPSA) is 102 Å². The number of β-amino-alcohol motifs (C(OH)–C–C–N with tert-alkyl or cyclic N) is 1. The largest absolute Gasteiger partial charge is 0.444 e. The maximum Gasteiger partial charge on any atom is 0.410 e. The second-order valence-corrected chi connectivity index (χ2v) is 9.97. The molecule has 0 radical (unpaired) electrons. The second-order valence-electron chi connectivity index (χ2n) is 9.97. The average molecular weight is 488 g/mol. The molecule has 186 valence electrons. The number of hydrogen-bond acceptors (Lipinski definition) is 6. The van der Waals surface area contributed by atoms with Crippen molar-refractivity contribution in [3.8, 4) is 22.5 Å². The number of rotatable bonds is 3. The van der Waals surface area contributed by atoms with Crippen LogP contribution in [0.5, 0.6) is 0 Å². The van der Waals surface area contributed by atoms with E-state index in [2.05, 4.69) is 0 Å². The number of carbonyl (C=O) groups is 1. The Kier molecular flexibility index (Phi) is 6.09. The zero-order valence-electron chi connectivity index (χ0n) is 20.5. The Bertz CT molecular complexity index is 1450. The van der Waals surface area contributed by atoms with E-state index < -0.39 is 23.8 Å². The third-order valence-electron chi connectivity index (χ3n) is 6.18. The van der Waals surface area contributed by atoms with Gasteiger partial charge in [-0.1, -0.05) is 36.4 Å². The van der Waals surface area contributed by atoms with Gasteiger partial charge in [-0.2, -0.15) is 10.2 Å². The highest BCUT2D eigenvalue weighted by molar-refractivity contribution is 5.90. The molecular weight excluding hydrogens is 458 g/mol. The molecule has 1 aliphatic rings. The number of pyridine rings is 1. The highest BCUT2D eigenvalue weighted by atomic mass is 16.6. The predicted molar refractivity (Wildman–Crippen MR) is 136 cm³/mol. The molecule has 1 amide bonds. The summed E-state index contributed by atoms with van der Waals surface area (Å²) in [6.45, 7) is 5.80. The van der Waals surface area contributed by atoms with Crippen LogP contribution in [0.4, 0.5) is 4.79 Å². The van der Waals surface area contributed by atoms with Crippen molar-refractivity contribution in [2.45, 2.75) is 44.9 Å². The van der Waals surface area contributed by atoms with Gasteiger partial charge in [0.1, 0.15) is 11.3 Å². The number of aliphatic hydroxyl groups is 1. The van der Waals surface area contributed by atoms with Crippen LogP contribution in [-0.2, 0) is 4.74 Å². The fraction of sp³-hybridized carbons (Fsp3) is 0.333. The van der Waals surface area contributed by atoms with Crippen LogP contribution in [0.1, 0.15) is 33.2 Å². The zero-order valence-corrected chi connectivity index (χ0v) is 20.5. The van der Waals surface area contributed by atoms with Gasteiger partial charge in [0.05, 0.1) is 35.5 Å². The molecule has 1 N–H and O–H groups in total. The molecule has 0 aliphatic carbocycles. The number of likely N-dealkylation sites (tertiary alicyclic amines) is 1. The molecule has 4 heterocycles. The maximum atomic E-state index is 12.9. The summed E-state index contributed by atoms with van der Waals surface area (Å²) in [6.07, 6.45) is 0.797. The summed E-state index contributed by atoms with van der Waals surface area (Å²) in [7, 11) is 0. The quantitative estimate of drug-likeness (QED) is 0.472. The number of carbonyl (C=O) groups excluding carboxylic acids is 1. The molecule has 1 aliphatic heterocycles. The fourth-order valence-corrected chi connectivity index (χ4v) is 4.54. The van der Waals surface area contributed by atoms with Crippen molar-refractivity contribution in [3.05, 3.63) is 77.2 Å². The Hall–Kier alpha value is -3.98. The first-order chi connectivity index (χ1) is 17.2. The van der Waals surface area contributed by atoms with E-state index in [4.69, 9.17) is 14.9 Å². The van der Waals surface area contributed by atoms with Gasteiger partial charge in [-0.05, 0) is 45.4 Å². The summed E-state index contributed by atoms with van der Waals surface area (Å²) in [5, 5.41) is 20.4. The summed E-state index contributed by atoms with van der Waals surface area (Å²) in [6, 6.07) is 18.2. The summed E-state index contributed by atoms with van der Waals surface area (Å²) < 4.78 is 8.57. The number of aliphatic hydroxyl groups excluding tert-OH is 1. The minimum Gasteiger partial charge on any atom is -0.444 e. The molecule has 2 atom stereocenters. The number of benzene rings is 1. The molecule has 1 saturated heterocycles. The van der Waals surface area contributed by atoms with Gasteiger partial charge in [-0.15, -0.1) is 0 Å². The number of ether oxygens (including phenoxy) is 1. The number of hydrogen-bond donors (Lipinski definition) is 1. The zero-order chi connectivity index (χ0) is 25.4. The van der Waals surface area contributed by atoms with E-state index in [1.807, 2.05) is 54.7 Å². The molecule has 0 bridgehead atoms. The number of piperidine rings is 1. The van der Waals surface area contributed by atoms with Gasteiger partial charge >= 0.3 is 6.09 Å². The Balaban J connectivity index is 1.51. The highest BCUT2D eigenvalue weighted by Crippen LogP contribution is 2.34. The van der Waals surface area contributed by atoms with Crippen LogP contribution in [0.25, 0.3) is 28.0 Å². The second kappa shape index (κ2) is 9.23.